The van der Waals surface area contributed by atoms with Crippen molar-refractivity contribution in [1.82, 2.24) is 19.9 Å². The van der Waals surface area contributed by atoms with Gasteiger partial charge in [0.25, 0.3) is 5.56 Å². The molecule has 0 aliphatic carbocycles. The molecule has 0 amide bonds. The first-order chi connectivity index (χ1) is 14.3. The van der Waals surface area contributed by atoms with Crippen LogP contribution in [0.5, 0.6) is 0 Å². The van der Waals surface area contributed by atoms with Gasteiger partial charge in [-0.15, -0.1) is 11.3 Å². The highest BCUT2D eigenvalue weighted by molar-refractivity contribution is 7.18. The maximum absolute atomic E-state index is 12.6. The number of nitrogens with one attached hydrogen (secondary N) is 1. The number of nitrogens with zero attached hydrogens (tertiary/aromatic N) is 3. The van der Waals surface area contributed by atoms with Crippen LogP contribution in [0.4, 0.5) is 0 Å². The minimum atomic E-state index is -0.225. The van der Waals surface area contributed by atoms with Crippen molar-refractivity contribution in [3.05, 3.63) is 69.7 Å². The fraction of sp³-hybridized carbons (Fsp3) is 0.227. The van der Waals surface area contributed by atoms with Gasteiger partial charge in [-0.2, -0.15) is 0 Å². The molecule has 2 aromatic carbocycles. The summed E-state index contributed by atoms with van der Waals surface area (Å²) in [5.74, 6) is 0.669. The molecule has 0 spiro atoms. The average molecular weight is 402 g/mol. The third-order valence-corrected chi connectivity index (χ3v) is 6.73. The van der Waals surface area contributed by atoms with Gasteiger partial charge < -0.3 is 9.40 Å². The van der Waals surface area contributed by atoms with Crippen LogP contribution in [-0.4, -0.2) is 26.4 Å². The number of thiazole rings is 1. The lowest BCUT2D eigenvalue weighted by Crippen LogP contribution is -2.25. The molecule has 0 radical (unpaired) electrons. The third-order valence-electron chi connectivity index (χ3n) is 5.59. The highest BCUT2D eigenvalue weighted by Crippen LogP contribution is 2.37. The number of aromatic nitrogens is 3. The maximum Gasteiger partial charge on any atom is 0.294 e. The van der Waals surface area contributed by atoms with Crippen molar-refractivity contribution in [3.8, 4) is 0 Å². The van der Waals surface area contributed by atoms with Crippen LogP contribution >= 0.6 is 11.3 Å². The number of likely N-dealkylation sites (tertiary alicyclic amines) is 1. The van der Waals surface area contributed by atoms with Crippen molar-refractivity contribution in [2.75, 3.05) is 6.54 Å². The quantitative estimate of drug-likeness (QED) is 0.477. The first-order valence-electron chi connectivity index (χ1n) is 9.76. The predicted molar refractivity (Wildman–Crippen MR) is 114 cm³/mol. The summed E-state index contributed by atoms with van der Waals surface area (Å²) < 4.78 is 6.92. The smallest absolute Gasteiger partial charge is 0.294 e. The molecule has 1 atom stereocenters. The van der Waals surface area contributed by atoms with Crippen LogP contribution in [0.1, 0.15) is 29.7 Å². The Morgan fingerprint density at radius 2 is 2.00 bits per heavy atom. The van der Waals surface area contributed by atoms with Gasteiger partial charge in [-0.3, -0.25) is 9.69 Å². The summed E-state index contributed by atoms with van der Waals surface area (Å²) in [5.41, 5.74) is 2.44. The van der Waals surface area contributed by atoms with E-state index in [4.69, 9.17) is 14.4 Å². The molecule has 1 fully saturated rings. The minimum absolute atomic E-state index is 0.225. The Morgan fingerprint density at radius 3 is 2.93 bits per heavy atom. The molecule has 1 saturated heterocycles. The molecule has 1 N–H and O–H groups in total. The van der Waals surface area contributed by atoms with E-state index >= 15 is 0 Å². The zero-order valence-corrected chi connectivity index (χ0v) is 16.4. The van der Waals surface area contributed by atoms with E-state index in [1.165, 1.54) is 4.70 Å². The molecule has 0 bridgehead atoms. The second-order valence-electron chi connectivity index (χ2n) is 7.44. The van der Waals surface area contributed by atoms with Gasteiger partial charge in [0.1, 0.15) is 21.9 Å². The summed E-state index contributed by atoms with van der Waals surface area (Å²) >= 11 is 1.76. The second kappa shape index (κ2) is 6.50. The molecule has 1 aliphatic heterocycles. The molecule has 4 heterocycles. The highest BCUT2D eigenvalue weighted by Gasteiger charge is 2.29. The molecule has 7 heteroatoms. The standard InChI is InChI=1S/C22H18N4O2S/c27-21-20-19(13-6-1-3-9-16(13)28-20)24-18(25-21)12-26-11-5-8-15(26)22-23-14-7-2-4-10-17(14)29-22/h1-4,6-7,9-10,15H,5,8,11-12H2,(H,24,25,27)/t15-/m0/s1. The fourth-order valence-electron chi connectivity index (χ4n) is 4.24. The number of para-hydroxylation sites is 2. The molecular weight excluding hydrogens is 384 g/mol. The zero-order valence-electron chi connectivity index (χ0n) is 15.6. The van der Waals surface area contributed by atoms with Gasteiger partial charge in [-0.05, 0) is 43.7 Å². The Morgan fingerprint density at radius 1 is 1.14 bits per heavy atom. The monoisotopic (exact) mass is 402 g/mol. The van der Waals surface area contributed by atoms with E-state index in [9.17, 15) is 4.79 Å². The Labute approximate surface area is 169 Å². The normalized spacial score (nSPS) is 17.7. The number of hydrogen-bond donors (Lipinski definition) is 1. The van der Waals surface area contributed by atoms with Crippen molar-refractivity contribution < 1.29 is 4.42 Å². The summed E-state index contributed by atoms with van der Waals surface area (Å²) in [7, 11) is 0. The topological polar surface area (TPSA) is 75.0 Å². The number of benzene rings is 2. The van der Waals surface area contributed by atoms with E-state index in [2.05, 4.69) is 28.1 Å². The Hall–Kier alpha value is -3.03. The lowest BCUT2D eigenvalue weighted by Gasteiger charge is -2.21. The number of hydrogen-bond acceptors (Lipinski definition) is 6. The van der Waals surface area contributed by atoms with E-state index in [0.29, 0.717) is 29.1 Å². The third kappa shape index (κ3) is 2.77. The number of rotatable bonds is 3. The highest BCUT2D eigenvalue weighted by atomic mass is 32.1. The largest absolute Gasteiger partial charge is 0.449 e. The van der Waals surface area contributed by atoms with Crippen LogP contribution in [0.3, 0.4) is 0 Å². The van der Waals surface area contributed by atoms with Crippen molar-refractivity contribution in [1.29, 1.82) is 0 Å². The Kier molecular flexibility index (Phi) is 3.79. The van der Waals surface area contributed by atoms with Crippen LogP contribution in [0, 0.1) is 0 Å². The first-order valence-corrected chi connectivity index (χ1v) is 10.6. The molecule has 3 aromatic heterocycles. The lowest BCUT2D eigenvalue weighted by molar-refractivity contribution is 0.242. The number of furan rings is 1. The van der Waals surface area contributed by atoms with Crippen molar-refractivity contribution in [2.45, 2.75) is 25.4 Å². The molecular formula is C22H18N4O2S. The van der Waals surface area contributed by atoms with E-state index in [-0.39, 0.29) is 11.6 Å². The van der Waals surface area contributed by atoms with Gasteiger partial charge in [0.05, 0.1) is 22.8 Å². The van der Waals surface area contributed by atoms with Gasteiger partial charge in [0.2, 0.25) is 5.58 Å². The maximum atomic E-state index is 12.6. The molecule has 144 valence electrons. The summed E-state index contributed by atoms with van der Waals surface area (Å²) in [6.45, 7) is 1.56. The average Bonchev–Trinajstić information content (AvgIpc) is 3.44. The summed E-state index contributed by atoms with van der Waals surface area (Å²) in [5, 5.41) is 2.01. The summed E-state index contributed by atoms with van der Waals surface area (Å²) in [6.07, 6.45) is 2.18. The molecule has 1 aliphatic rings. The zero-order chi connectivity index (χ0) is 19.4. The van der Waals surface area contributed by atoms with Gasteiger partial charge >= 0.3 is 0 Å². The van der Waals surface area contributed by atoms with E-state index in [1.54, 1.807) is 11.3 Å². The Balaban J connectivity index is 1.37. The lowest BCUT2D eigenvalue weighted by atomic mass is 10.2. The molecule has 29 heavy (non-hydrogen) atoms. The van der Waals surface area contributed by atoms with Gasteiger partial charge in [-0.25, -0.2) is 9.97 Å². The Bertz CT molecular complexity index is 1380. The van der Waals surface area contributed by atoms with E-state index in [0.717, 1.165) is 35.3 Å². The van der Waals surface area contributed by atoms with E-state index < -0.39 is 0 Å². The molecule has 6 nitrogen and oxygen atoms in total. The van der Waals surface area contributed by atoms with Gasteiger partial charge in [0.15, 0.2) is 0 Å². The van der Waals surface area contributed by atoms with Crippen LogP contribution < -0.4 is 5.56 Å². The molecule has 5 aromatic rings. The summed E-state index contributed by atoms with van der Waals surface area (Å²) in [6, 6.07) is 16.1. The van der Waals surface area contributed by atoms with Crippen molar-refractivity contribution >= 4 is 43.6 Å². The second-order valence-corrected chi connectivity index (χ2v) is 8.50. The number of H-pyrrole nitrogens is 1. The van der Waals surface area contributed by atoms with Crippen LogP contribution in [-0.2, 0) is 6.54 Å². The van der Waals surface area contributed by atoms with Crippen molar-refractivity contribution in [2.24, 2.45) is 0 Å². The predicted octanol–water partition coefficient (Wildman–Crippen LogP) is 4.62. The van der Waals surface area contributed by atoms with Crippen LogP contribution in [0.15, 0.2) is 57.7 Å². The number of aromatic amines is 1. The van der Waals surface area contributed by atoms with Crippen molar-refractivity contribution in [3.63, 3.8) is 0 Å². The van der Waals surface area contributed by atoms with E-state index in [1.807, 2.05) is 30.3 Å². The number of fused-ring (bicyclic) bond motifs is 4. The SMILES string of the molecule is O=c1[nH]c(CN2CCC[C@H]2c2nc3ccccc3s2)nc2c1oc1ccccc12. The van der Waals surface area contributed by atoms with Gasteiger partial charge in [0, 0.05) is 5.39 Å². The first kappa shape index (κ1) is 16.9. The van der Waals surface area contributed by atoms with Crippen LogP contribution in [0.25, 0.3) is 32.3 Å². The molecule has 0 unspecified atom stereocenters. The molecule has 0 saturated carbocycles. The van der Waals surface area contributed by atoms with Gasteiger partial charge in [-0.1, -0.05) is 24.3 Å². The van der Waals surface area contributed by atoms with Crippen LogP contribution in [0.2, 0.25) is 0 Å². The minimum Gasteiger partial charge on any atom is -0.449 e. The molecule has 6 rings (SSSR count). The fourth-order valence-corrected chi connectivity index (χ4v) is 5.38. The summed E-state index contributed by atoms with van der Waals surface area (Å²) in [4.78, 5) is 27.5.